The molecular formula is C18H29ClIN3O2. The number of guanidine groups is 1. The Balaban J connectivity index is 0.00000312. The Labute approximate surface area is 173 Å². The number of benzene rings is 1. The SMILES string of the molecule is CCOCC1CCN(C(=NC)NCC(OC)c2cccc(Cl)c2)C1.I. The van der Waals surface area contributed by atoms with Crippen molar-refractivity contribution in [1.29, 1.82) is 0 Å². The van der Waals surface area contributed by atoms with E-state index in [0.29, 0.717) is 12.5 Å². The lowest BCUT2D eigenvalue weighted by atomic mass is 10.1. The fourth-order valence-electron chi connectivity index (χ4n) is 3.01. The summed E-state index contributed by atoms with van der Waals surface area (Å²) in [7, 11) is 3.53. The van der Waals surface area contributed by atoms with E-state index in [1.165, 1.54) is 0 Å². The van der Waals surface area contributed by atoms with Crippen molar-refractivity contribution in [3.8, 4) is 0 Å². The molecule has 25 heavy (non-hydrogen) atoms. The fourth-order valence-corrected chi connectivity index (χ4v) is 3.20. The van der Waals surface area contributed by atoms with E-state index in [0.717, 1.165) is 49.3 Å². The van der Waals surface area contributed by atoms with E-state index >= 15 is 0 Å². The number of ether oxygens (including phenoxy) is 2. The van der Waals surface area contributed by atoms with Gasteiger partial charge in [0.05, 0.1) is 12.7 Å². The molecule has 1 aromatic rings. The molecule has 2 rings (SSSR count). The largest absolute Gasteiger partial charge is 0.381 e. The third kappa shape index (κ3) is 6.92. The predicted molar refractivity (Wildman–Crippen MR) is 114 cm³/mol. The number of methoxy groups -OCH3 is 1. The van der Waals surface area contributed by atoms with Crippen LogP contribution in [0.4, 0.5) is 0 Å². The van der Waals surface area contributed by atoms with Gasteiger partial charge in [0.25, 0.3) is 0 Å². The van der Waals surface area contributed by atoms with Crippen molar-refractivity contribution in [3.05, 3.63) is 34.9 Å². The molecule has 0 bridgehead atoms. The zero-order chi connectivity index (χ0) is 17.4. The van der Waals surface area contributed by atoms with Gasteiger partial charge in [-0.25, -0.2) is 0 Å². The van der Waals surface area contributed by atoms with Crippen LogP contribution in [-0.2, 0) is 9.47 Å². The molecule has 1 saturated heterocycles. The Bertz CT molecular complexity index is 545. The van der Waals surface area contributed by atoms with Crippen molar-refractivity contribution >= 4 is 41.5 Å². The summed E-state index contributed by atoms with van der Waals surface area (Å²) in [6, 6.07) is 7.77. The maximum absolute atomic E-state index is 6.08. The number of nitrogens with one attached hydrogen (secondary N) is 1. The molecule has 1 heterocycles. The van der Waals surface area contributed by atoms with Gasteiger partial charge in [0.15, 0.2) is 5.96 Å². The first-order valence-corrected chi connectivity index (χ1v) is 8.87. The molecular weight excluding hydrogens is 453 g/mol. The second-order valence-corrected chi connectivity index (χ2v) is 6.40. The smallest absolute Gasteiger partial charge is 0.193 e. The summed E-state index contributed by atoms with van der Waals surface area (Å²) in [4.78, 5) is 6.70. The topological polar surface area (TPSA) is 46.1 Å². The van der Waals surface area contributed by atoms with E-state index in [9.17, 15) is 0 Å². The molecule has 5 nitrogen and oxygen atoms in total. The van der Waals surface area contributed by atoms with Gasteiger partial charge in [-0.1, -0.05) is 23.7 Å². The van der Waals surface area contributed by atoms with Gasteiger partial charge in [0.2, 0.25) is 0 Å². The summed E-state index contributed by atoms with van der Waals surface area (Å²) in [5, 5.41) is 4.14. The Morgan fingerprint density at radius 2 is 2.28 bits per heavy atom. The Kier molecular flexibility index (Phi) is 10.7. The van der Waals surface area contributed by atoms with Crippen LogP contribution in [0, 0.1) is 5.92 Å². The van der Waals surface area contributed by atoms with E-state index in [1.807, 2.05) is 38.2 Å². The predicted octanol–water partition coefficient (Wildman–Crippen LogP) is 3.58. The summed E-state index contributed by atoms with van der Waals surface area (Å²) in [5.41, 5.74) is 1.06. The van der Waals surface area contributed by atoms with Crippen LogP contribution in [0.15, 0.2) is 29.3 Å². The summed E-state index contributed by atoms with van der Waals surface area (Å²) < 4.78 is 11.2. The first-order valence-electron chi connectivity index (χ1n) is 8.49. The van der Waals surface area contributed by atoms with Crippen LogP contribution in [0.25, 0.3) is 0 Å². The monoisotopic (exact) mass is 481 g/mol. The highest BCUT2D eigenvalue weighted by atomic mass is 127. The maximum Gasteiger partial charge on any atom is 0.193 e. The Hall–Kier alpha value is -0.570. The molecule has 1 aliphatic rings. The van der Waals surface area contributed by atoms with E-state index in [1.54, 1.807) is 7.11 Å². The summed E-state index contributed by atoms with van der Waals surface area (Å²) in [6.45, 7) is 6.27. The number of aliphatic imine (C=N–C) groups is 1. The number of likely N-dealkylation sites (tertiary alicyclic amines) is 1. The normalized spacial score (nSPS) is 18.8. The van der Waals surface area contributed by atoms with Gasteiger partial charge in [-0.05, 0) is 31.0 Å². The molecule has 0 aromatic heterocycles. The van der Waals surface area contributed by atoms with Crippen molar-refractivity contribution < 1.29 is 9.47 Å². The van der Waals surface area contributed by atoms with Gasteiger partial charge >= 0.3 is 0 Å². The van der Waals surface area contributed by atoms with Crippen molar-refractivity contribution in [3.63, 3.8) is 0 Å². The molecule has 0 aliphatic carbocycles. The molecule has 142 valence electrons. The lowest BCUT2D eigenvalue weighted by molar-refractivity contribution is 0.105. The second kappa shape index (κ2) is 11.9. The molecule has 1 aliphatic heterocycles. The van der Waals surface area contributed by atoms with Crippen molar-refractivity contribution in [2.45, 2.75) is 19.4 Å². The van der Waals surface area contributed by atoms with Gasteiger partial charge < -0.3 is 19.7 Å². The fraction of sp³-hybridized carbons (Fsp3) is 0.611. The van der Waals surface area contributed by atoms with E-state index in [-0.39, 0.29) is 30.1 Å². The third-order valence-electron chi connectivity index (χ3n) is 4.31. The van der Waals surface area contributed by atoms with Gasteiger partial charge in [-0.15, -0.1) is 24.0 Å². The van der Waals surface area contributed by atoms with Gasteiger partial charge in [0.1, 0.15) is 0 Å². The maximum atomic E-state index is 6.08. The molecule has 0 saturated carbocycles. The summed E-state index contributed by atoms with van der Waals surface area (Å²) in [6.07, 6.45) is 1.07. The first-order chi connectivity index (χ1) is 11.7. The molecule has 2 atom stereocenters. The van der Waals surface area contributed by atoms with Crippen LogP contribution < -0.4 is 5.32 Å². The van der Waals surface area contributed by atoms with Crippen LogP contribution in [0.1, 0.15) is 25.0 Å². The zero-order valence-corrected chi connectivity index (χ0v) is 18.3. The van der Waals surface area contributed by atoms with Gasteiger partial charge in [0, 0.05) is 51.3 Å². The highest BCUT2D eigenvalue weighted by Crippen LogP contribution is 2.20. The summed E-state index contributed by atoms with van der Waals surface area (Å²) in [5.74, 6) is 1.49. The number of rotatable bonds is 7. The number of halogens is 2. The van der Waals surface area contributed by atoms with Crippen LogP contribution in [0.5, 0.6) is 0 Å². The first kappa shape index (κ1) is 22.5. The third-order valence-corrected chi connectivity index (χ3v) is 4.54. The van der Waals surface area contributed by atoms with E-state index in [4.69, 9.17) is 21.1 Å². The Morgan fingerprint density at radius 3 is 2.92 bits per heavy atom. The number of nitrogens with zero attached hydrogens (tertiary/aromatic N) is 2. The lowest BCUT2D eigenvalue weighted by Gasteiger charge is -2.24. The van der Waals surface area contributed by atoms with Crippen molar-refractivity contribution in [2.75, 3.05) is 47.0 Å². The van der Waals surface area contributed by atoms with Gasteiger partial charge in [-0.2, -0.15) is 0 Å². The number of hydrogen-bond acceptors (Lipinski definition) is 3. The highest BCUT2D eigenvalue weighted by molar-refractivity contribution is 14.0. The summed E-state index contributed by atoms with van der Waals surface area (Å²) >= 11 is 6.08. The van der Waals surface area contributed by atoms with Crippen molar-refractivity contribution in [2.24, 2.45) is 10.9 Å². The second-order valence-electron chi connectivity index (χ2n) is 5.97. The van der Waals surface area contributed by atoms with Crippen LogP contribution >= 0.6 is 35.6 Å². The zero-order valence-electron chi connectivity index (χ0n) is 15.2. The van der Waals surface area contributed by atoms with Crippen LogP contribution in [-0.4, -0.2) is 57.9 Å². The molecule has 1 aromatic carbocycles. The Morgan fingerprint density at radius 1 is 1.48 bits per heavy atom. The van der Waals surface area contributed by atoms with Crippen molar-refractivity contribution in [1.82, 2.24) is 10.2 Å². The van der Waals surface area contributed by atoms with Crippen LogP contribution in [0.3, 0.4) is 0 Å². The minimum Gasteiger partial charge on any atom is -0.381 e. The molecule has 7 heteroatoms. The molecule has 0 radical (unpaired) electrons. The molecule has 1 N–H and O–H groups in total. The molecule has 0 amide bonds. The number of hydrogen-bond donors (Lipinski definition) is 1. The molecule has 2 unspecified atom stereocenters. The quantitative estimate of drug-likeness (QED) is 0.367. The standard InChI is InChI=1S/C18H28ClN3O2.HI/c1-4-24-13-14-8-9-22(12-14)18(20-2)21-11-17(23-3)15-6-5-7-16(19)10-15;/h5-7,10,14,17H,4,8-9,11-13H2,1-3H3,(H,20,21);1H. The van der Waals surface area contributed by atoms with Crippen LogP contribution in [0.2, 0.25) is 5.02 Å². The van der Waals surface area contributed by atoms with E-state index in [2.05, 4.69) is 15.2 Å². The minimum atomic E-state index is -0.0673. The molecule has 1 fully saturated rings. The highest BCUT2D eigenvalue weighted by Gasteiger charge is 2.25. The molecule has 0 spiro atoms. The minimum absolute atomic E-state index is 0. The lowest BCUT2D eigenvalue weighted by Crippen LogP contribution is -2.42. The average Bonchev–Trinajstić information content (AvgIpc) is 3.05. The van der Waals surface area contributed by atoms with Gasteiger partial charge in [-0.3, -0.25) is 4.99 Å². The van der Waals surface area contributed by atoms with E-state index < -0.39 is 0 Å². The average molecular weight is 482 g/mol.